The Kier molecular flexibility index (Phi) is 2.54. The summed E-state index contributed by atoms with van der Waals surface area (Å²) in [5, 5.41) is 11.5. The molecule has 0 heterocycles. The highest BCUT2D eigenvalue weighted by atomic mass is 16.3. The summed E-state index contributed by atoms with van der Waals surface area (Å²) in [6, 6.07) is 7.90. The lowest BCUT2D eigenvalue weighted by atomic mass is 9.45. The number of nitrogen functional groups attached to an aromatic ring is 1. The summed E-state index contributed by atoms with van der Waals surface area (Å²) >= 11 is 0. The lowest BCUT2D eigenvalue weighted by molar-refractivity contribution is -0.175. The molecule has 0 radical (unpaired) electrons. The summed E-state index contributed by atoms with van der Waals surface area (Å²) in [5.74, 6) is 2.54. The van der Waals surface area contributed by atoms with Crippen LogP contribution in [0.3, 0.4) is 0 Å². The fourth-order valence-electron chi connectivity index (χ4n) is 5.93. The van der Waals surface area contributed by atoms with Crippen LogP contribution in [0.4, 0.5) is 5.69 Å². The summed E-state index contributed by atoms with van der Waals surface area (Å²) in [7, 11) is 0. The average Bonchev–Trinajstić information content (AvgIpc) is 2.37. The van der Waals surface area contributed by atoms with Crippen molar-refractivity contribution in [1.29, 1.82) is 0 Å². The van der Waals surface area contributed by atoms with Crippen LogP contribution >= 0.6 is 0 Å². The molecule has 3 N–H and O–H groups in total. The summed E-state index contributed by atoms with van der Waals surface area (Å²) in [5.41, 5.74) is 7.14. The highest BCUT2D eigenvalue weighted by Gasteiger charge is 2.59. The van der Waals surface area contributed by atoms with Crippen LogP contribution in [0.15, 0.2) is 24.3 Å². The number of hydrogen-bond donors (Lipinski definition) is 2. The van der Waals surface area contributed by atoms with Crippen LogP contribution < -0.4 is 5.73 Å². The zero-order valence-corrected chi connectivity index (χ0v) is 12.3. The van der Waals surface area contributed by atoms with E-state index in [1.165, 1.54) is 38.5 Å². The van der Waals surface area contributed by atoms with Gasteiger partial charge in [0.2, 0.25) is 0 Å². The first-order valence-corrected chi connectivity index (χ1v) is 8.07. The third kappa shape index (κ3) is 1.60. The minimum absolute atomic E-state index is 0.0667. The van der Waals surface area contributed by atoms with Gasteiger partial charge in [0.25, 0.3) is 0 Å². The minimum atomic E-state index is -0.783. The van der Waals surface area contributed by atoms with Gasteiger partial charge in [0.05, 0.1) is 5.60 Å². The van der Waals surface area contributed by atoms with Crippen LogP contribution in [0, 0.1) is 23.2 Å². The SMILES string of the molecule is CC(O)(c1ccccc1N)C12CC3CC(CC(C3)C1)C2. The zero-order chi connectivity index (χ0) is 14.0. The van der Waals surface area contributed by atoms with Crippen molar-refractivity contribution in [1.82, 2.24) is 0 Å². The molecule has 1 aromatic carbocycles. The highest BCUT2D eigenvalue weighted by molar-refractivity contribution is 5.50. The molecular weight excluding hydrogens is 246 g/mol. The molecule has 20 heavy (non-hydrogen) atoms. The molecule has 4 bridgehead atoms. The number of aliphatic hydroxyl groups is 1. The largest absolute Gasteiger partial charge is 0.398 e. The van der Waals surface area contributed by atoms with E-state index < -0.39 is 5.60 Å². The lowest BCUT2D eigenvalue weighted by Crippen LogP contribution is -2.55. The summed E-state index contributed by atoms with van der Waals surface area (Å²) < 4.78 is 0. The van der Waals surface area contributed by atoms with Gasteiger partial charge in [-0.25, -0.2) is 0 Å². The lowest BCUT2D eigenvalue weighted by Gasteiger charge is -2.61. The van der Waals surface area contributed by atoms with Crippen LogP contribution in [0.5, 0.6) is 0 Å². The van der Waals surface area contributed by atoms with E-state index in [1.54, 1.807) is 0 Å². The summed E-state index contributed by atoms with van der Waals surface area (Å²) in [4.78, 5) is 0. The number of hydrogen-bond acceptors (Lipinski definition) is 2. The Balaban J connectivity index is 1.77. The third-order valence-electron chi connectivity index (χ3n) is 6.56. The second-order valence-corrected chi connectivity index (χ2v) is 7.86. The quantitative estimate of drug-likeness (QED) is 0.806. The molecule has 1 unspecified atom stereocenters. The van der Waals surface area contributed by atoms with Crippen LogP contribution in [-0.2, 0) is 5.60 Å². The average molecular weight is 271 g/mol. The number of anilines is 1. The Morgan fingerprint density at radius 3 is 2.05 bits per heavy atom. The van der Waals surface area contributed by atoms with E-state index in [4.69, 9.17) is 5.73 Å². The van der Waals surface area contributed by atoms with Crippen molar-refractivity contribution in [2.24, 2.45) is 23.2 Å². The third-order valence-corrected chi connectivity index (χ3v) is 6.56. The van der Waals surface area contributed by atoms with Crippen molar-refractivity contribution in [2.75, 3.05) is 5.73 Å². The van der Waals surface area contributed by atoms with Crippen molar-refractivity contribution in [3.8, 4) is 0 Å². The van der Waals surface area contributed by atoms with Gasteiger partial charge in [0.1, 0.15) is 0 Å². The Morgan fingerprint density at radius 1 is 1.05 bits per heavy atom. The normalized spacial score (nSPS) is 41.6. The van der Waals surface area contributed by atoms with E-state index in [9.17, 15) is 5.11 Å². The molecule has 2 heteroatoms. The molecule has 4 aliphatic rings. The van der Waals surface area contributed by atoms with Crippen LogP contribution in [0.1, 0.15) is 51.0 Å². The fourth-order valence-corrected chi connectivity index (χ4v) is 5.93. The molecule has 1 atom stereocenters. The van der Waals surface area contributed by atoms with Crippen molar-refractivity contribution in [3.63, 3.8) is 0 Å². The number of nitrogens with two attached hydrogens (primary N) is 1. The molecule has 0 amide bonds. The first-order valence-electron chi connectivity index (χ1n) is 8.07. The fraction of sp³-hybridized carbons (Fsp3) is 0.667. The molecule has 0 aliphatic heterocycles. The van der Waals surface area contributed by atoms with Gasteiger partial charge in [-0.2, -0.15) is 0 Å². The van der Waals surface area contributed by atoms with Gasteiger partial charge < -0.3 is 10.8 Å². The van der Waals surface area contributed by atoms with E-state index in [2.05, 4.69) is 0 Å². The Hall–Kier alpha value is -1.02. The van der Waals surface area contributed by atoms with Crippen molar-refractivity contribution in [2.45, 2.75) is 51.0 Å². The topological polar surface area (TPSA) is 46.2 Å². The predicted molar refractivity (Wildman–Crippen MR) is 81.0 cm³/mol. The molecule has 1 aromatic rings. The minimum Gasteiger partial charge on any atom is -0.398 e. The standard InChI is InChI=1S/C18H25NO/c1-17(20,15-4-2-3-5-16(15)19)18-9-12-6-13(10-18)8-14(7-12)11-18/h2-5,12-14,20H,6-11,19H2,1H3. The van der Waals surface area contributed by atoms with Gasteiger partial charge in [-0.05, 0) is 69.3 Å². The molecule has 4 saturated carbocycles. The Labute approximate surface area is 121 Å². The second kappa shape index (κ2) is 4.00. The maximum atomic E-state index is 11.5. The van der Waals surface area contributed by atoms with Gasteiger partial charge in [-0.1, -0.05) is 18.2 Å². The van der Waals surface area contributed by atoms with E-state index in [0.717, 1.165) is 29.0 Å². The predicted octanol–water partition coefficient (Wildman–Crippen LogP) is 3.69. The Morgan fingerprint density at radius 2 is 1.55 bits per heavy atom. The first-order chi connectivity index (χ1) is 9.50. The van der Waals surface area contributed by atoms with E-state index in [0.29, 0.717) is 0 Å². The van der Waals surface area contributed by atoms with Gasteiger partial charge in [0, 0.05) is 16.7 Å². The molecular formula is C18H25NO. The highest BCUT2D eigenvalue weighted by Crippen LogP contribution is 2.65. The molecule has 0 aromatic heterocycles. The van der Waals surface area contributed by atoms with E-state index in [-0.39, 0.29) is 5.41 Å². The van der Waals surface area contributed by atoms with Crippen molar-refractivity contribution < 1.29 is 5.11 Å². The maximum absolute atomic E-state index is 11.5. The van der Waals surface area contributed by atoms with Crippen molar-refractivity contribution >= 4 is 5.69 Å². The molecule has 108 valence electrons. The molecule has 0 spiro atoms. The monoisotopic (exact) mass is 271 g/mol. The van der Waals surface area contributed by atoms with Gasteiger partial charge in [-0.3, -0.25) is 0 Å². The number of benzene rings is 1. The molecule has 4 fully saturated rings. The first kappa shape index (κ1) is 12.7. The summed E-state index contributed by atoms with van der Waals surface area (Å²) in [6.45, 7) is 2.02. The summed E-state index contributed by atoms with van der Waals surface area (Å²) in [6.07, 6.45) is 7.79. The second-order valence-electron chi connectivity index (χ2n) is 7.86. The molecule has 4 aliphatic carbocycles. The molecule has 2 nitrogen and oxygen atoms in total. The van der Waals surface area contributed by atoms with Crippen LogP contribution in [0.2, 0.25) is 0 Å². The zero-order valence-electron chi connectivity index (χ0n) is 12.3. The van der Waals surface area contributed by atoms with Crippen molar-refractivity contribution in [3.05, 3.63) is 29.8 Å². The molecule has 0 saturated heterocycles. The van der Waals surface area contributed by atoms with Gasteiger partial charge >= 0.3 is 0 Å². The van der Waals surface area contributed by atoms with E-state index in [1.807, 2.05) is 31.2 Å². The maximum Gasteiger partial charge on any atom is 0.0944 e. The van der Waals surface area contributed by atoms with Crippen LogP contribution in [0.25, 0.3) is 0 Å². The van der Waals surface area contributed by atoms with Gasteiger partial charge in [0.15, 0.2) is 0 Å². The van der Waals surface area contributed by atoms with E-state index >= 15 is 0 Å². The smallest absolute Gasteiger partial charge is 0.0944 e. The van der Waals surface area contributed by atoms with Crippen LogP contribution in [-0.4, -0.2) is 5.11 Å². The Bertz CT molecular complexity index is 499. The van der Waals surface area contributed by atoms with Gasteiger partial charge in [-0.15, -0.1) is 0 Å². The number of rotatable bonds is 2. The molecule has 5 rings (SSSR count). The number of para-hydroxylation sites is 1.